The molecule has 0 aliphatic carbocycles. The highest BCUT2D eigenvalue weighted by Gasteiger charge is 2.09. The minimum atomic E-state index is 0.527. The highest BCUT2D eigenvalue weighted by molar-refractivity contribution is 9.09. The Bertz CT molecular complexity index is 462. The second-order valence-corrected chi connectivity index (χ2v) is 4.77. The van der Waals surface area contributed by atoms with Gasteiger partial charge in [0.05, 0.1) is 5.69 Å². The molecule has 0 atom stereocenters. The lowest BCUT2D eigenvalue weighted by Gasteiger charge is -2.03. The van der Waals surface area contributed by atoms with E-state index in [2.05, 4.69) is 53.1 Å². The normalized spacial score (nSPS) is 11.5. The molecule has 0 spiro atoms. The van der Waals surface area contributed by atoms with E-state index in [9.17, 15) is 0 Å². The van der Waals surface area contributed by atoms with Crippen LogP contribution in [-0.2, 0) is 6.42 Å². The number of benzene rings is 1. The summed E-state index contributed by atoms with van der Waals surface area (Å²) in [4.78, 5) is 0. The van der Waals surface area contributed by atoms with E-state index < -0.39 is 0 Å². The maximum atomic E-state index is 5.32. The van der Waals surface area contributed by atoms with Crippen LogP contribution in [0.4, 0.5) is 0 Å². The van der Waals surface area contributed by atoms with E-state index in [1.807, 2.05) is 0 Å². The lowest BCUT2D eigenvalue weighted by Crippen LogP contribution is -1.88. The summed E-state index contributed by atoms with van der Waals surface area (Å²) >= 11 is 3.41. The van der Waals surface area contributed by atoms with Crippen molar-refractivity contribution in [2.45, 2.75) is 26.2 Å². The zero-order valence-electron chi connectivity index (χ0n) is 8.96. The van der Waals surface area contributed by atoms with Crippen LogP contribution in [0.3, 0.4) is 0 Å². The Morgan fingerprint density at radius 2 is 2.20 bits per heavy atom. The molecule has 0 unspecified atom stereocenters. The molecule has 0 fully saturated rings. The largest absolute Gasteiger partial charge is 0.356 e. The molecule has 0 aliphatic heterocycles. The third-order valence-electron chi connectivity index (χ3n) is 2.57. The number of fused-ring (bicyclic) bond motifs is 1. The molecule has 1 aromatic heterocycles. The number of aryl methyl sites for hydroxylation is 1. The first-order valence-electron chi connectivity index (χ1n) is 5.16. The van der Waals surface area contributed by atoms with Crippen LogP contribution < -0.4 is 0 Å². The molecule has 0 radical (unpaired) electrons. The zero-order chi connectivity index (χ0) is 10.8. The number of hydrogen-bond donors (Lipinski definition) is 0. The van der Waals surface area contributed by atoms with E-state index in [0.29, 0.717) is 5.92 Å². The van der Waals surface area contributed by atoms with Crippen LogP contribution in [-0.4, -0.2) is 10.5 Å². The van der Waals surface area contributed by atoms with Gasteiger partial charge in [0, 0.05) is 17.1 Å². The van der Waals surface area contributed by atoms with E-state index in [4.69, 9.17) is 4.52 Å². The van der Waals surface area contributed by atoms with Crippen molar-refractivity contribution in [1.82, 2.24) is 5.16 Å². The van der Waals surface area contributed by atoms with E-state index in [-0.39, 0.29) is 0 Å². The number of halogens is 1. The maximum absolute atomic E-state index is 5.32. The van der Waals surface area contributed by atoms with Crippen LogP contribution in [0.15, 0.2) is 22.7 Å². The van der Waals surface area contributed by atoms with Crippen LogP contribution >= 0.6 is 15.9 Å². The average molecular weight is 268 g/mol. The fraction of sp³-hybridized carbons (Fsp3) is 0.417. The summed E-state index contributed by atoms with van der Waals surface area (Å²) in [6, 6.07) is 6.35. The number of nitrogens with zero attached hydrogens (tertiary/aromatic N) is 1. The van der Waals surface area contributed by atoms with Crippen LogP contribution in [0.2, 0.25) is 0 Å². The quantitative estimate of drug-likeness (QED) is 0.789. The van der Waals surface area contributed by atoms with Crippen molar-refractivity contribution in [2.24, 2.45) is 0 Å². The van der Waals surface area contributed by atoms with Crippen molar-refractivity contribution in [2.75, 3.05) is 5.33 Å². The SMILES string of the molecule is CC(C)c1ccc2c(CCBr)noc2c1. The van der Waals surface area contributed by atoms with Crippen LogP contribution in [0.1, 0.15) is 31.0 Å². The smallest absolute Gasteiger partial charge is 0.167 e. The van der Waals surface area contributed by atoms with Gasteiger partial charge >= 0.3 is 0 Å². The molecule has 1 aromatic carbocycles. The van der Waals surface area contributed by atoms with Gasteiger partial charge in [-0.05, 0) is 23.6 Å². The van der Waals surface area contributed by atoms with Gasteiger partial charge in [0.15, 0.2) is 5.58 Å². The Labute approximate surface area is 97.8 Å². The molecule has 2 nitrogen and oxygen atoms in total. The minimum absolute atomic E-state index is 0.527. The molecule has 0 saturated heterocycles. The molecule has 0 bridgehead atoms. The highest BCUT2D eigenvalue weighted by atomic mass is 79.9. The van der Waals surface area contributed by atoms with Crippen molar-refractivity contribution in [3.05, 3.63) is 29.5 Å². The Morgan fingerprint density at radius 1 is 1.40 bits per heavy atom. The zero-order valence-corrected chi connectivity index (χ0v) is 10.5. The number of aromatic nitrogens is 1. The van der Waals surface area contributed by atoms with Crippen LogP contribution in [0.25, 0.3) is 11.0 Å². The van der Waals surface area contributed by atoms with Gasteiger partial charge in [-0.25, -0.2) is 0 Å². The Hall–Kier alpha value is -0.830. The Balaban J connectivity index is 2.47. The highest BCUT2D eigenvalue weighted by Crippen LogP contribution is 2.24. The molecule has 0 aliphatic rings. The third-order valence-corrected chi connectivity index (χ3v) is 2.97. The molecular weight excluding hydrogens is 254 g/mol. The van der Waals surface area contributed by atoms with Gasteiger partial charge in [0.25, 0.3) is 0 Å². The van der Waals surface area contributed by atoms with Gasteiger partial charge in [-0.3, -0.25) is 0 Å². The number of alkyl halides is 1. The molecule has 2 rings (SSSR count). The number of hydrogen-bond acceptors (Lipinski definition) is 2. The van der Waals surface area contributed by atoms with Gasteiger partial charge in [0.2, 0.25) is 0 Å². The van der Waals surface area contributed by atoms with Gasteiger partial charge < -0.3 is 4.52 Å². The predicted molar refractivity (Wildman–Crippen MR) is 65.6 cm³/mol. The van der Waals surface area contributed by atoms with Crippen molar-refractivity contribution in [1.29, 1.82) is 0 Å². The summed E-state index contributed by atoms with van der Waals surface area (Å²) in [6.07, 6.45) is 0.911. The molecule has 15 heavy (non-hydrogen) atoms. The fourth-order valence-electron chi connectivity index (χ4n) is 1.64. The molecule has 0 amide bonds. The van der Waals surface area contributed by atoms with Crippen molar-refractivity contribution in [3.63, 3.8) is 0 Å². The van der Waals surface area contributed by atoms with Crippen molar-refractivity contribution < 1.29 is 4.52 Å². The van der Waals surface area contributed by atoms with E-state index in [0.717, 1.165) is 28.4 Å². The predicted octanol–water partition coefficient (Wildman–Crippen LogP) is 3.89. The molecule has 0 saturated carbocycles. The van der Waals surface area contributed by atoms with Gasteiger partial charge in [-0.15, -0.1) is 0 Å². The average Bonchev–Trinajstić information content (AvgIpc) is 2.61. The summed E-state index contributed by atoms with van der Waals surface area (Å²) in [7, 11) is 0. The summed E-state index contributed by atoms with van der Waals surface area (Å²) in [5.41, 5.74) is 3.23. The lowest BCUT2D eigenvalue weighted by atomic mass is 10.0. The van der Waals surface area contributed by atoms with E-state index in [1.165, 1.54) is 5.56 Å². The molecule has 80 valence electrons. The maximum Gasteiger partial charge on any atom is 0.167 e. The van der Waals surface area contributed by atoms with Gasteiger partial charge in [-0.2, -0.15) is 0 Å². The topological polar surface area (TPSA) is 26.0 Å². The van der Waals surface area contributed by atoms with E-state index in [1.54, 1.807) is 0 Å². The summed E-state index contributed by atoms with van der Waals surface area (Å²) in [5, 5.41) is 6.14. The molecule has 1 heterocycles. The van der Waals surface area contributed by atoms with Crippen LogP contribution in [0, 0.1) is 0 Å². The van der Waals surface area contributed by atoms with Crippen LogP contribution in [0.5, 0.6) is 0 Å². The third kappa shape index (κ3) is 2.07. The van der Waals surface area contributed by atoms with Crippen molar-refractivity contribution in [3.8, 4) is 0 Å². The second kappa shape index (κ2) is 4.35. The molecule has 2 aromatic rings. The molecule has 3 heteroatoms. The summed E-state index contributed by atoms with van der Waals surface area (Å²) in [5.74, 6) is 0.527. The first-order chi connectivity index (χ1) is 7.22. The summed E-state index contributed by atoms with van der Waals surface area (Å²) in [6.45, 7) is 4.36. The van der Waals surface area contributed by atoms with Crippen molar-refractivity contribution >= 4 is 26.9 Å². The first kappa shape index (κ1) is 10.7. The minimum Gasteiger partial charge on any atom is -0.356 e. The number of rotatable bonds is 3. The van der Waals surface area contributed by atoms with Gasteiger partial charge in [0.1, 0.15) is 0 Å². The fourth-order valence-corrected chi connectivity index (χ4v) is 2.01. The Morgan fingerprint density at radius 3 is 2.87 bits per heavy atom. The second-order valence-electron chi connectivity index (χ2n) is 3.98. The monoisotopic (exact) mass is 267 g/mol. The van der Waals surface area contributed by atoms with E-state index >= 15 is 0 Å². The standard InChI is InChI=1S/C12H14BrNO/c1-8(2)9-3-4-10-11(5-6-13)14-15-12(10)7-9/h3-4,7-8H,5-6H2,1-2H3. The summed E-state index contributed by atoms with van der Waals surface area (Å²) < 4.78 is 5.32. The Kier molecular flexibility index (Phi) is 3.10. The lowest BCUT2D eigenvalue weighted by molar-refractivity contribution is 0.447. The first-order valence-corrected chi connectivity index (χ1v) is 6.28. The molecule has 0 N–H and O–H groups in total. The molecular formula is C12H14BrNO. The van der Waals surface area contributed by atoms with Gasteiger partial charge in [-0.1, -0.05) is 41.0 Å².